The second-order valence-electron chi connectivity index (χ2n) is 6.97. The quantitative estimate of drug-likeness (QED) is 0.718. The van der Waals surface area contributed by atoms with Crippen molar-refractivity contribution in [3.8, 4) is 11.5 Å². The van der Waals surface area contributed by atoms with Crippen molar-refractivity contribution in [2.24, 2.45) is 0 Å². The molecular weight excluding hydrogens is 366 g/mol. The van der Waals surface area contributed by atoms with E-state index >= 15 is 0 Å². The van der Waals surface area contributed by atoms with Crippen molar-refractivity contribution in [3.63, 3.8) is 0 Å². The Balaban J connectivity index is 1.41. The van der Waals surface area contributed by atoms with Crippen LogP contribution >= 0.6 is 11.6 Å². The number of aromatic nitrogens is 3. The lowest BCUT2D eigenvalue weighted by molar-refractivity contribution is 0.166. The molecule has 27 heavy (non-hydrogen) atoms. The van der Waals surface area contributed by atoms with Gasteiger partial charge in [0.25, 0.3) is 0 Å². The van der Waals surface area contributed by atoms with E-state index in [1.165, 1.54) is 11.6 Å². The number of halogens is 1. The van der Waals surface area contributed by atoms with E-state index in [0.29, 0.717) is 10.8 Å². The van der Waals surface area contributed by atoms with Crippen molar-refractivity contribution in [3.05, 3.63) is 46.7 Å². The van der Waals surface area contributed by atoms with Crippen LogP contribution in [0.1, 0.15) is 11.3 Å². The van der Waals surface area contributed by atoms with Gasteiger partial charge in [-0.3, -0.25) is 0 Å². The maximum absolute atomic E-state index is 9.48. The molecule has 1 saturated heterocycles. The van der Waals surface area contributed by atoms with Gasteiger partial charge in [0, 0.05) is 30.7 Å². The number of nitrogens with zero attached hydrogens (tertiary/aromatic N) is 4. The molecule has 1 aromatic carbocycles. The number of ether oxygens (including phenoxy) is 1. The number of aromatic hydroxyl groups is 1. The van der Waals surface area contributed by atoms with Gasteiger partial charge in [-0.05, 0) is 25.1 Å². The Morgan fingerprint density at radius 2 is 2.04 bits per heavy atom. The van der Waals surface area contributed by atoms with E-state index in [1.807, 2.05) is 10.6 Å². The summed E-state index contributed by atoms with van der Waals surface area (Å²) in [4.78, 5) is 7.10. The van der Waals surface area contributed by atoms with Crippen LogP contribution in [0, 0.1) is 0 Å². The number of hydrogen-bond acceptors (Lipinski definition) is 6. The molecule has 7 nitrogen and oxygen atoms in total. The Hall–Kier alpha value is -2.51. The van der Waals surface area contributed by atoms with E-state index in [2.05, 4.69) is 15.3 Å². The number of benzene rings is 1. The van der Waals surface area contributed by atoms with Gasteiger partial charge in [0.05, 0.1) is 30.0 Å². The predicted molar refractivity (Wildman–Crippen MR) is 103 cm³/mol. The van der Waals surface area contributed by atoms with Crippen LogP contribution in [0.3, 0.4) is 0 Å². The van der Waals surface area contributed by atoms with Crippen LogP contribution in [-0.4, -0.2) is 52.0 Å². The summed E-state index contributed by atoms with van der Waals surface area (Å²) in [7, 11) is 0. The maximum atomic E-state index is 9.48. The molecule has 0 unspecified atom stereocenters. The molecule has 2 N–H and O–H groups in total. The summed E-state index contributed by atoms with van der Waals surface area (Å²) in [6, 6.07) is 6.74. The maximum Gasteiger partial charge on any atom is 0.157 e. The molecule has 0 amide bonds. The summed E-state index contributed by atoms with van der Waals surface area (Å²) in [5.74, 6) is 1.86. The number of nitrogens with one attached hydrogen (secondary N) is 1. The summed E-state index contributed by atoms with van der Waals surface area (Å²) in [6.07, 6.45) is 3.72. The summed E-state index contributed by atoms with van der Waals surface area (Å²) in [5, 5.41) is 17.8. The van der Waals surface area contributed by atoms with Crippen molar-refractivity contribution in [1.29, 1.82) is 0 Å². The number of rotatable bonds is 3. The second-order valence-corrected chi connectivity index (χ2v) is 7.38. The van der Waals surface area contributed by atoms with Gasteiger partial charge in [-0.15, -0.1) is 0 Å². The lowest BCUT2D eigenvalue weighted by Crippen LogP contribution is -2.55. The van der Waals surface area contributed by atoms with E-state index in [4.69, 9.17) is 21.3 Å². The number of hydrogen-bond donors (Lipinski definition) is 2. The average Bonchev–Trinajstić information content (AvgIpc) is 2.95. The molecule has 4 heterocycles. The van der Waals surface area contributed by atoms with Crippen molar-refractivity contribution < 1.29 is 9.84 Å². The zero-order chi connectivity index (χ0) is 18.4. The van der Waals surface area contributed by atoms with Crippen LogP contribution < -0.4 is 15.0 Å². The molecule has 0 spiro atoms. The summed E-state index contributed by atoms with van der Waals surface area (Å²) < 4.78 is 7.95. The SMILES string of the molecule is Oc1ccc(OC2CN(c3c4c(nc5ccnn35)CCNCC4)C2)c(Cl)c1. The Kier molecular flexibility index (Phi) is 4.06. The van der Waals surface area contributed by atoms with Gasteiger partial charge in [-0.2, -0.15) is 9.61 Å². The number of fused-ring (bicyclic) bond motifs is 2. The van der Waals surface area contributed by atoms with Gasteiger partial charge in [0.2, 0.25) is 0 Å². The molecule has 2 aromatic heterocycles. The van der Waals surface area contributed by atoms with Gasteiger partial charge in [0.1, 0.15) is 23.4 Å². The first-order valence-corrected chi connectivity index (χ1v) is 9.53. The van der Waals surface area contributed by atoms with Crippen LogP contribution in [0.2, 0.25) is 5.02 Å². The van der Waals surface area contributed by atoms with Crippen LogP contribution in [0.15, 0.2) is 30.5 Å². The normalized spacial score (nSPS) is 17.4. The Labute approximate surface area is 161 Å². The van der Waals surface area contributed by atoms with Crippen molar-refractivity contribution in [2.45, 2.75) is 18.9 Å². The fourth-order valence-electron chi connectivity index (χ4n) is 3.79. The molecule has 2 aliphatic heterocycles. The summed E-state index contributed by atoms with van der Waals surface area (Å²) in [5.41, 5.74) is 3.32. The lowest BCUT2D eigenvalue weighted by atomic mass is 10.1. The van der Waals surface area contributed by atoms with E-state index < -0.39 is 0 Å². The van der Waals surface area contributed by atoms with Crippen molar-refractivity contribution in [1.82, 2.24) is 19.9 Å². The molecule has 0 atom stereocenters. The molecule has 8 heteroatoms. The molecule has 0 saturated carbocycles. The van der Waals surface area contributed by atoms with Crippen LogP contribution in [-0.2, 0) is 12.8 Å². The topological polar surface area (TPSA) is 74.9 Å². The first-order chi connectivity index (χ1) is 13.2. The first-order valence-electron chi connectivity index (χ1n) is 9.15. The molecule has 5 rings (SSSR count). The molecular formula is C19H20ClN5O2. The monoisotopic (exact) mass is 385 g/mol. The van der Waals surface area contributed by atoms with Crippen LogP contribution in [0.25, 0.3) is 5.65 Å². The highest BCUT2D eigenvalue weighted by Crippen LogP contribution is 2.33. The summed E-state index contributed by atoms with van der Waals surface area (Å²) >= 11 is 6.16. The highest BCUT2D eigenvalue weighted by atomic mass is 35.5. The molecule has 3 aromatic rings. The van der Waals surface area contributed by atoms with Crippen LogP contribution in [0.5, 0.6) is 11.5 Å². The van der Waals surface area contributed by atoms with Crippen LogP contribution in [0.4, 0.5) is 5.82 Å². The average molecular weight is 386 g/mol. The van der Waals surface area contributed by atoms with E-state index in [-0.39, 0.29) is 11.9 Å². The second kappa shape index (κ2) is 6.58. The van der Waals surface area contributed by atoms with E-state index in [1.54, 1.807) is 18.3 Å². The zero-order valence-electron chi connectivity index (χ0n) is 14.7. The van der Waals surface area contributed by atoms with E-state index in [9.17, 15) is 5.11 Å². The Bertz CT molecular complexity index is 999. The molecule has 2 aliphatic rings. The number of phenolic OH excluding ortho intramolecular Hbond substituents is 1. The van der Waals surface area contributed by atoms with Gasteiger partial charge >= 0.3 is 0 Å². The van der Waals surface area contributed by atoms with Gasteiger partial charge in [-0.1, -0.05) is 11.6 Å². The van der Waals surface area contributed by atoms with Crippen molar-refractivity contribution in [2.75, 3.05) is 31.1 Å². The molecule has 140 valence electrons. The third kappa shape index (κ3) is 2.96. The van der Waals surface area contributed by atoms with Gasteiger partial charge < -0.3 is 20.1 Å². The molecule has 0 aliphatic carbocycles. The fraction of sp³-hybridized carbons (Fsp3) is 0.368. The summed E-state index contributed by atoms with van der Waals surface area (Å²) in [6.45, 7) is 3.42. The fourth-order valence-corrected chi connectivity index (χ4v) is 4.01. The molecule has 0 radical (unpaired) electrons. The minimum atomic E-state index is 0.0466. The smallest absolute Gasteiger partial charge is 0.157 e. The largest absolute Gasteiger partial charge is 0.508 e. The highest BCUT2D eigenvalue weighted by molar-refractivity contribution is 6.32. The Morgan fingerprint density at radius 1 is 1.19 bits per heavy atom. The van der Waals surface area contributed by atoms with E-state index in [0.717, 1.165) is 56.2 Å². The Morgan fingerprint density at radius 3 is 2.89 bits per heavy atom. The zero-order valence-corrected chi connectivity index (χ0v) is 15.5. The highest BCUT2D eigenvalue weighted by Gasteiger charge is 2.33. The molecule has 1 fully saturated rings. The van der Waals surface area contributed by atoms with Crippen molar-refractivity contribution >= 4 is 23.1 Å². The standard InChI is InChI=1S/C19H20ClN5O2/c20-15-9-12(26)1-2-17(15)27-13-10-24(11-13)19-14-3-6-21-7-4-16(14)23-18-5-8-22-25(18)19/h1-2,5,8-9,13,21,26H,3-4,6-7,10-11H2. The number of anilines is 1. The van der Waals surface area contributed by atoms with Gasteiger partial charge in [-0.25, -0.2) is 4.98 Å². The minimum absolute atomic E-state index is 0.0466. The number of phenols is 1. The third-order valence-corrected chi connectivity index (χ3v) is 5.43. The van der Waals surface area contributed by atoms with Gasteiger partial charge in [0.15, 0.2) is 5.65 Å². The lowest BCUT2D eigenvalue weighted by Gasteiger charge is -2.41. The molecule has 0 bridgehead atoms. The minimum Gasteiger partial charge on any atom is -0.508 e. The first kappa shape index (κ1) is 16.6. The predicted octanol–water partition coefficient (Wildman–Crippen LogP) is 2.04. The third-order valence-electron chi connectivity index (χ3n) is 5.14.